The summed E-state index contributed by atoms with van der Waals surface area (Å²) in [6, 6.07) is 10.4. The molecule has 0 radical (unpaired) electrons. The van der Waals surface area contributed by atoms with Gasteiger partial charge in [0, 0.05) is 5.56 Å². The Labute approximate surface area is 149 Å². The molecule has 0 fully saturated rings. The molecule has 0 atom stereocenters. The topological polar surface area (TPSA) is 139 Å². The highest BCUT2D eigenvalue weighted by molar-refractivity contribution is 7.89. The fourth-order valence-corrected chi connectivity index (χ4v) is 3.93. The minimum atomic E-state index is -4.03. The molecule has 1 aliphatic heterocycles. The number of primary amides is 1. The van der Waals surface area contributed by atoms with Crippen LogP contribution in [0.25, 0.3) is 5.76 Å². The van der Waals surface area contributed by atoms with Gasteiger partial charge in [0.1, 0.15) is 0 Å². The van der Waals surface area contributed by atoms with Gasteiger partial charge in [0.05, 0.1) is 16.1 Å². The zero-order valence-electron chi connectivity index (χ0n) is 13.6. The maximum atomic E-state index is 12.5. The van der Waals surface area contributed by atoms with Crippen LogP contribution >= 0.6 is 0 Å². The summed E-state index contributed by atoms with van der Waals surface area (Å²) in [7, 11) is -4.03. The van der Waals surface area contributed by atoms with E-state index in [2.05, 4.69) is 10.0 Å². The van der Waals surface area contributed by atoms with E-state index in [-0.39, 0.29) is 21.7 Å². The van der Waals surface area contributed by atoms with Gasteiger partial charge in [-0.05, 0) is 36.8 Å². The third-order valence-corrected chi connectivity index (χ3v) is 5.21. The quantitative estimate of drug-likeness (QED) is 0.641. The SMILES string of the molecule is Cc1ccc2c(c1)S(=O)(=O)NC(C(=O)Nc1ccccc1C(N)=O)=C2O. The van der Waals surface area contributed by atoms with E-state index in [1.807, 2.05) is 0 Å². The van der Waals surface area contributed by atoms with Gasteiger partial charge in [0.15, 0.2) is 11.5 Å². The van der Waals surface area contributed by atoms with Crippen molar-refractivity contribution in [1.82, 2.24) is 4.72 Å². The van der Waals surface area contributed by atoms with Gasteiger partial charge < -0.3 is 16.2 Å². The standard InChI is InChI=1S/C17H15N3O5S/c1-9-6-7-11-13(8-9)26(24,25)20-14(15(11)21)17(23)19-12-5-3-2-4-10(12)16(18)22/h2-8,20-21H,1H3,(H2,18,22)(H,19,23). The van der Waals surface area contributed by atoms with E-state index in [0.717, 1.165) is 0 Å². The first-order chi connectivity index (χ1) is 12.2. The summed E-state index contributed by atoms with van der Waals surface area (Å²) in [5.74, 6) is -2.20. The second-order valence-electron chi connectivity index (χ2n) is 5.69. The number of rotatable bonds is 3. The predicted octanol–water partition coefficient (Wildman–Crippen LogP) is 1.25. The minimum Gasteiger partial charge on any atom is -0.505 e. The number of anilines is 1. The van der Waals surface area contributed by atoms with E-state index >= 15 is 0 Å². The number of hydrogen-bond donors (Lipinski definition) is 4. The molecule has 3 rings (SSSR count). The number of carbonyl (C=O) groups is 2. The Kier molecular flexibility index (Phi) is 4.17. The number of nitrogens with two attached hydrogens (primary N) is 1. The molecule has 0 unspecified atom stereocenters. The number of para-hydroxylation sites is 1. The summed E-state index contributed by atoms with van der Waals surface area (Å²) in [4.78, 5) is 23.8. The smallest absolute Gasteiger partial charge is 0.276 e. The third-order valence-electron chi connectivity index (χ3n) is 3.82. The monoisotopic (exact) mass is 373 g/mol. The van der Waals surface area contributed by atoms with E-state index < -0.39 is 33.3 Å². The van der Waals surface area contributed by atoms with Crippen molar-refractivity contribution in [1.29, 1.82) is 0 Å². The van der Waals surface area contributed by atoms with E-state index in [1.165, 1.54) is 24.3 Å². The number of benzene rings is 2. The second kappa shape index (κ2) is 6.19. The summed E-state index contributed by atoms with van der Waals surface area (Å²) >= 11 is 0. The molecular formula is C17H15N3O5S. The molecule has 0 aromatic heterocycles. The fourth-order valence-electron chi connectivity index (χ4n) is 2.57. The lowest BCUT2D eigenvalue weighted by molar-refractivity contribution is -0.113. The van der Waals surface area contributed by atoms with Gasteiger partial charge in [0.2, 0.25) is 0 Å². The Morgan fingerprint density at radius 1 is 1.15 bits per heavy atom. The maximum absolute atomic E-state index is 12.5. The first kappa shape index (κ1) is 17.5. The van der Waals surface area contributed by atoms with Crippen LogP contribution in [0.3, 0.4) is 0 Å². The van der Waals surface area contributed by atoms with Crippen molar-refractivity contribution in [3.63, 3.8) is 0 Å². The summed E-state index contributed by atoms with van der Waals surface area (Å²) in [5, 5.41) is 12.8. The van der Waals surface area contributed by atoms with Crippen molar-refractivity contribution in [3.8, 4) is 0 Å². The van der Waals surface area contributed by atoms with Crippen molar-refractivity contribution in [2.75, 3.05) is 5.32 Å². The zero-order valence-corrected chi connectivity index (χ0v) is 14.4. The van der Waals surface area contributed by atoms with Crippen LogP contribution in [0.1, 0.15) is 21.5 Å². The van der Waals surface area contributed by atoms with Crippen LogP contribution in [0.5, 0.6) is 0 Å². The maximum Gasteiger partial charge on any atom is 0.276 e. The van der Waals surface area contributed by atoms with Crippen molar-refractivity contribution < 1.29 is 23.1 Å². The lowest BCUT2D eigenvalue weighted by atomic mass is 10.1. The Balaban J connectivity index is 2.04. The molecule has 1 aliphatic rings. The molecule has 9 heteroatoms. The number of aliphatic hydroxyl groups excluding tert-OH is 1. The molecule has 2 aromatic carbocycles. The fraction of sp³-hybridized carbons (Fsp3) is 0.0588. The Morgan fingerprint density at radius 3 is 2.54 bits per heavy atom. The predicted molar refractivity (Wildman–Crippen MR) is 94.6 cm³/mol. The second-order valence-corrected chi connectivity index (χ2v) is 7.34. The van der Waals surface area contributed by atoms with Crippen LogP contribution in [0.15, 0.2) is 53.1 Å². The molecule has 2 aromatic rings. The molecule has 0 spiro atoms. The third kappa shape index (κ3) is 3.00. The average Bonchev–Trinajstić information content (AvgIpc) is 2.58. The van der Waals surface area contributed by atoms with Crippen LogP contribution in [0, 0.1) is 6.92 Å². The molecule has 0 saturated carbocycles. The van der Waals surface area contributed by atoms with Crippen LogP contribution in [-0.4, -0.2) is 25.3 Å². The van der Waals surface area contributed by atoms with Gasteiger partial charge in [-0.2, -0.15) is 0 Å². The van der Waals surface area contributed by atoms with E-state index in [1.54, 1.807) is 25.1 Å². The number of amides is 2. The van der Waals surface area contributed by atoms with E-state index in [9.17, 15) is 23.1 Å². The minimum absolute atomic E-state index is 0.0164. The summed E-state index contributed by atoms with van der Waals surface area (Å²) < 4.78 is 26.9. The van der Waals surface area contributed by atoms with Crippen molar-refractivity contribution in [2.24, 2.45) is 5.73 Å². The Bertz CT molecular complexity index is 1070. The molecule has 0 bridgehead atoms. The Morgan fingerprint density at radius 2 is 1.85 bits per heavy atom. The number of aryl methyl sites for hydroxylation is 1. The number of hydrogen-bond acceptors (Lipinski definition) is 5. The molecule has 0 aliphatic carbocycles. The Hall–Kier alpha value is -3.33. The summed E-state index contributed by atoms with van der Waals surface area (Å²) in [6.45, 7) is 1.71. The number of sulfonamides is 1. The van der Waals surface area contributed by atoms with Crippen LogP contribution in [0.2, 0.25) is 0 Å². The van der Waals surface area contributed by atoms with Gasteiger partial charge in [-0.3, -0.25) is 14.3 Å². The van der Waals surface area contributed by atoms with Crippen LogP contribution in [0.4, 0.5) is 5.69 Å². The average molecular weight is 373 g/mol. The van der Waals surface area contributed by atoms with Gasteiger partial charge in [-0.1, -0.05) is 18.2 Å². The van der Waals surface area contributed by atoms with Crippen LogP contribution < -0.4 is 15.8 Å². The highest BCUT2D eigenvalue weighted by atomic mass is 32.2. The van der Waals surface area contributed by atoms with Crippen molar-refractivity contribution in [3.05, 3.63) is 64.9 Å². The van der Waals surface area contributed by atoms with Crippen molar-refractivity contribution >= 4 is 33.3 Å². The number of nitrogens with one attached hydrogen (secondary N) is 2. The molecular weight excluding hydrogens is 358 g/mol. The molecule has 134 valence electrons. The van der Waals surface area contributed by atoms with Gasteiger partial charge in [-0.25, -0.2) is 8.42 Å². The van der Waals surface area contributed by atoms with Gasteiger partial charge >= 0.3 is 0 Å². The lowest BCUT2D eigenvalue weighted by Gasteiger charge is -2.21. The number of carbonyl (C=O) groups excluding carboxylic acids is 2. The number of fused-ring (bicyclic) bond motifs is 1. The molecule has 26 heavy (non-hydrogen) atoms. The lowest BCUT2D eigenvalue weighted by Crippen LogP contribution is -2.35. The van der Waals surface area contributed by atoms with Crippen molar-refractivity contribution in [2.45, 2.75) is 11.8 Å². The highest BCUT2D eigenvalue weighted by Gasteiger charge is 2.33. The molecule has 8 nitrogen and oxygen atoms in total. The highest BCUT2D eigenvalue weighted by Crippen LogP contribution is 2.30. The van der Waals surface area contributed by atoms with E-state index in [0.29, 0.717) is 5.56 Å². The molecule has 2 amide bonds. The largest absolute Gasteiger partial charge is 0.505 e. The summed E-state index contributed by atoms with van der Waals surface area (Å²) in [6.07, 6.45) is 0. The molecule has 1 heterocycles. The molecule has 0 saturated heterocycles. The van der Waals surface area contributed by atoms with Crippen LogP contribution in [-0.2, 0) is 14.8 Å². The first-order valence-electron chi connectivity index (χ1n) is 7.48. The zero-order chi connectivity index (χ0) is 19.1. The first-order valence-corrected chi connectivity index (χ1v) is 8.96. The summed E-state index contributed by atoms with van der Waals surface area (Å²) in [5.41, 5.74) is 5.56. The number of aliphatic hydroxyl groups is 1. The normalized spacial score (nSPS) is 15.0. The van der Waals surface area contributed by atoms with Gasteiger partial charge in [-0.15, -0.1) is 0 Å². The van der Waals surface area contributed by atoms with E-state index in [4.69, 9.17) is 5.73 Å². The molecule has 5 N–H and O–H groups in total. The van der Waals surface area contributed by atoms with Gasteiger partial charge in [0.25, 0.3) is 21.8 Å².